The van der Waals surface area contributed by atoms with Crippen LogP contribution in [0.1, 0.15) is 10.4 Å². The van der Waals surface area contributed by atoms with Gasteiger partial charge < -0.3 is 29.9 Å². The summed E-state index contributed by atoms with van der Waals surface area (Å²) in [6, 6.07) is 7.97. The topological polar surface area (TPSA) is 100 Å². The number of para-hydroxylation sites is 1. The molecule has 2 aromatic carbocycles. The van der Waals surface area contributed by atoms with Crippen LogP contribution < -0.4 is 15.4 Å². The highest BCUT2D eigenvalue weighted by Crippen LogP contribution is 2.31. The Morgan fingerprint density at radius 3 is 2.67 bits per heavy atom. The molecule has 174 valence electrons. The molecule has 2 aliphatic rings. The maximum atomic E-state index is 13.6. The van der Waals surface area contributed by atoms with Crippen molar-refractivity contribution in [3.63, 3.8) is 0 Å². The highest BCUT2D eigenvalue weighted by atomic mass is 35.5. The number of ether oxygens (including phenoxy) is 2. The van der Waals surface area contributed by atoms with E-state index in [2.05, 4.69) is 10.6 Å². The van der Waals surface area contributed by atoms with Gasteiger partial charge in [0.1, 0.15) is 12.4 Å². The summed E-state index contributed by atoms with van der Waals surface area (Å²) in [6.07, 6.45) is 0. The number of methoxy groups -OCH3 is 1. The molecule has 0 aliphatic carbocycles. The van der Waals surface area contributed by atoms with Gasteiger partial charge in [-0.3, -0.25) is 9.59 Å². The molecule has 0 radical (unpaired) electrons. The van der Waals surface area contributed by atoms with Crippen molar-refractivity contribution in [2.24, 2.45) is 0 Å². The molecule has 33 heavy (non-hydrogen) atoms. The number of fused-ring (bicyclic) bond motifs is 1. The third kappa shape index (κ3) is 4.71. The van der Waals surface area contributed by atoms with Crippen molar-refractivity contribution < 1.29 is 28.2 Å². The zero-order chi connectivity index (χ0) is 23.5. The summed E-state index contributed by atoms with van der Waals surface area (Å²) in [5.74, 6) is -0.848. The molecule has 2 aliphatic heterocycles. The number of anilines is 2. The molecule has 9 nitrogen and oxygen atoms in total. The molecule has 1 atom stereocenters. The maximum Gasteiger partial charge on any atom is 0.323 e. The van der Waals surface area contributed by atoms with Crippen LogP contribution >= 0.6 is 11.6 Å². The molecule has 2 saturated heterocycles. The van der Waals surface area contributed by atoms with Gasteiger partial charge in [-0.05, 0) is 24.3 Å². The van der Waals surface area contributed by atoms with E-state index in [0.29, 0.717) is 26.2 Å². The van der Waals surface area contributed by atoms with Gasteiger partial charge in [-0.15, -0.1) is 0 Å². The first-order chi connectivity index (χ1) is 15.9. The van der Waals surface area contributed by atoms with Crippen molar-refractivity contribution in [2.45, 2.75) is 6.04 Å². The van der Waals surface area contributed by atoms with Gasteiger partial charge in [0.25, 0.3) is 5.91 Å². The normalized spacial score (nSPS) is 17.9. The molecule has 0 spiro atoms. The fourth-order valence-corrected chi connectivity index (χ4v) is 4.12. The summed E-state index contributed by atoms with van der Waals surface area (Å²) in [5.41, 5.74) is 0.612. The summed E-state index contributed by atoms with van der Waals surface area (Å²) < 4.78 is 24.4. The third-order valence-corrected chi connectivity index (χ3v) is 5.91. The van der Waals surface area contributed by atoms with Gasteiger partial charge in [-0.1, -0.05) is 23.7 Å². The molecule has 0 saturated carbocycles. The van der Waals surface area contributed by atoms with Crippen molar-refractivity contribution >= 4 is 40.8 Å². The molecule has 0 bridgehead atoms. The van der Waals surface area contributed by atoms with Crippen molar-refractivity contribution in [3.8, 4) is 5.75 Å². The van der Waals surface area contributed by atoms with Gasteiger partial charge in [-0.2, -0.15) is 0 Å². The number of morpholine rings is 1. The SMILES string of the molecule is COc1c(NC(=O)Nc2cccc(F)c2Cl)cccc1C(=O)N1CCN2C(=O)COCC2C1. The van der Waals surface area contributed by atoms with E-state index >= 15 is 0 Å². The number of hydrogen-bond donors (Lipinski definition) is 2. The number of benzene rings is 2. The van der Waals surface area contributed by atoms with Crippen molar-refractivity contribution in [1.82, 2.24) is 9.80 Å². The first-order valence-electron chi connectivity index (χ1n) is 10.2. The second-order valence-corrected chi connectivity index (χ2v) is 7.95. The number of rotatable bonds is 4. The lowest BCUT2D eigenvalue weighted by Crippen LogP contribution is -2.61. The number of halogens is 2. The highest BCUT2D eigenvalue weighted by molar-refractivity contribution is 6.34. The van der Waals surface area contributed by atoms with E-state index in [0.717, 1.165) is 0 Å². The monoisotopic (exact) mass is 476 g/mol. The quantitative estimate of drug-likeness (QED) is 0.706. The smallest absolute Gasteiger partial charge is 0.323 e. The Balaban J connectivity index is 1.50. The first-order valence-corrected chi connectivity index (χ1v) is 10.6. The van der Waals surface area contributed by atoms with Crippen LogP contribution in [0.4, 0.5) is 20.6 Å². The lowest BCUT2D eigenvalue weighted by molar-refractivity contribution is -0.151. The van der Waals surface area contributed by atoms with Gasteiger partial charge in [0.2, 0.25) is 5.91 Å². The summed E-state index contributed by atoms with van der Waals surface area (Å²) in [4.78, 5) is 41.1. The van der Waals surface area contributed by atoms with E-state index in [-0.39, 0.29) is 52.2 Å². The molecule has 11 heteroatoms. The minimum atomic E-state index is -0.683. The van der Waals surface area contributed by atoms with Crippen molar-refractivity contribution in [3.05, 3.63) is 52.8 Å². The van der Waals surface area contributed by atoms with E-state index in [1.54, 1.807) is 28.0 Å². The average Bonchev–Trinajstić information content (AvgIpc) is 2.81. The molecule has 4 amide bonds. The van der Waals surface area contributed by atoms with Crippen LogP contribution in [0.15, 0.2) is 36.4 Å². The Labute approximate surface area is 194 Å². The Hall–Kier alpha value is -3.37. The van der Waals surface area contributed by atoms with Crippen LogP contribution in [-0.4, -0.2) is 73.6 Å². The predicted octanol–water partition coefficient (Wildman–Crippen LogP) is 2.81. The van der Waals surface area contributed by atoms with Gasteiger partial charge in [0.05, 0.1) is 41.7 Å². The van der Waals surface area contributed by atoms with E-state index < -0.39 is 11.8 Å². The van der Waals surface area contributed by atoms with Gasteiger partial charge >= 0.3 is 6.03 Å². The summed E-state index contributed by atoms with van der Waals surface area (Å²) in [6.45, 7) is 1.58. The number of amides is 4. The van der Waals surface area contributed by atoms with Crippen LogP contribution in [0.2, 0.25) is 5.02 Å². The number of hydrogen-bond acceptors (Lipinski definition) is 5. The molecular weight excluding hydrogens is 455 g/mol. The number of carbonyl (C=O) groups excluding carboxylic acids is 3. The van der Waals surface area contributed by atoms with Crippen molar-refractivity contribution in [1.29, 1.82) is 0 Å². The minimum Gasteiger partial charge on any atom is -0.494 e. The number of nitrogens with zero attached hydrogens (tertiary/aromatic N) is 2. The predicted molar refractivity (Wildman–Crippen MR) is 119 cm³/mol. The lowest BCUT2D eigenvalue weighted by Gasteiger charge is -2.43. The van der Waals surface area contributed by atoms with Crippen molar-refractivity contribution in [2.75, 3.05) is 50.6 Å². The number of nitrogens with one attached hydrogen (secondary N) is 2. The molecule has 2 fully saturated rings. The average molecular weight is 477 g/mol. The second kappa shape index (κ2) is 9.63. The molecular formula is C22H22ClFN4O5. The second-order valence-electron chi connectivity index (χ2n) is 7.57. The van der Waals surface area contributed by atoms with E-state index in [4.69, 9.17) is 21.1 Å². The zero-order valence-corrected chi connectivity index (χ0v) is 18.5. The van der Waals surface area contributed by atoms with Gasteiger partial charge in [0, 0.05) is 19.6 Å². The van der Waals surface area contributed by atoms with Gasteiger partial charge in [0.15, 0.2) is 5.75 Å². The molecule has 0 aromatic heterocycles. The lowest BCUT2D eigenvalue weighted by atomic mass is 10.1. The number of piperazine rings is 1. The molecule has 1 unspecified atom stereocenters. The van der Waals surface area contributed by atoms with E-state index in [9.17, 15) is 18.8 Å². The number of carbonyl (C=O) groups is 3. The Kier molecular flexibility index (Phi) is 6.66. The van der Waals surface area contributed by atoms with Gasteiger partial charge in [-0.25, -0.2) is 9.18 Å². The zero-order valence-electron chi connectivity index (χ0n) is 17.8. The summed E-state index contributed by atoms with van der Waals surface area (Å²) >= 11 is 5.88. The standard InChI is InChI=1S/C22H22ClFN4O5/c1-32-20-14(21(30)27-8-9-28-13(10-27)11-33-12-18(28)29)4-2-7-17(20)26-22(31)25-16-6-3-5-15(24)19(16)23/h2-7,13H,8-12H2,1H3,(H2,25,26,31). The maximum absolute atomic E-state index is 13.6. The Morgan fingerprint density at radius 1 is 1.15 bits per heavy atom. The summed E-state index contributed by atoms with van der Waals surface area (Å²) in [7, 11) is 1.39. The Bertz CT molecular complexity index is 1100. The number of urea groups is 1. The van der Waals surface area contributed by atoms with E-state index in [1.165, 1.54) is 25.3 Å². The third-order valence-electron chi connectivity index (χ3n) is 5.52. The molecule has 2 N–H and O–H groups in total. The van der Waals surface area contributed by atoms with Crippen LogP contribution in [0, 0.1) is 5.82 Å². The molecule has 2 heterocycles. The summed E-state index contributed by atoms with van der Waals surface area (Å²) in [5, 5.41) is 4.87. The highest BCUT2D eigenvalue weighted by Gasteiger charge is 2.36. The molecule has 2 aromatic rings. The minimum absolute atomic E-state index is 0.0644. The van der Waals surface area contributed by atoms with E-state index in [1.807, 2.05) is 0 Å². The van der Waals surface area contributed by atoms with Crippen LogP contribution in [0.25, 0.3) is 0 Å². The largest absolute Gasteiger partial charge is 0.494 e. The molecule has 4 rings (SSSR count). The first kappa shape index (κ1) is 22.8. The Morgan fingerprint density at radius 2 is 1.88 bits per heavy atom. The fourth-order valence-electron chi connectivity index (χ4n) is 3.95. The fraction of sp³-hybridized carbons (Fsp3) is 0.318. The van der Waals surface area contributed by atoms with Crippen LogP contribution in [-0.2, 0) is 9.53 Å². The van der Waals surface area contributed by atoms with Crippen LogP contribution in [0.3, 0.4) is 0 Å². The van der Waals surface area contributed by atoms with Crippen LogP contribution in [0.5, 0.6) is 5.75 Å².